The number of pyridine rings is 1. The Morgan fingerprint density at radius 2 is 2.15 bits per heavy atom. The Labute approximate surface area is 78.0 Å². The number of aromatic amines is 1. The Balaban J connectivity index is 2.62. The summed E-state index contributed by atoms with van der Waals surface area (Å²) in [6, 6.07) is 1.76. The summed E-state index contributed by atoms with van der Waals surface area (Å²) in [5, 5.41) is 0. The lowest BCUT2D eigenvalue weighted by Crippen LogP contribution is -2.11. The van der Waals surface area contributed by atoms with Gasteiger partial charge in [0.25, 0.3) is 0 Å². The van der Waals surface area contributed by atoms with Gasteiger partial charge in [0.05, 0.1) is 0 Å². The van der Waals surface area contributed by atoms with E-state index in [0.717, 1.165) is 12.8 Å². The Kier molecular flexibility index (Phi) is 1.98. The average Bonchev–Trinajstić information content (AvgIpc) is 2.49. The maximum absolute atomic E-state index is 11.3. The third-order valence-corrected chi connectivity index (χ3v) is 2.75. The van der Waals surface area contributed by atoms with Crippen LogP contribution in [0.5, 0.6) is 0 Å². The van der Waals surface area contributed by atoms with Crippen molar-refractivity contribution >= 4 is 0 Å². The largest absolute Gasteiger partial charge is 0.326 e. The van der Waals surface area contributed by atoms with Crippen LogP contribution in [0.4, 0.5) is 0 Å². The van der Waals surface area contributed by atoms with E-state index in [1.807, 2.05) is 0 Å². The molecule has 0 bridgehead atoms. The molecule has 1 aliphatic rings. The van der Waals surface area contributed by atoms with Gasteiger partial charge in [-0.15, -0.1) is 0 Å². The van der Waals surface area contributed by atoms with Crippen LogP contribution in [0.25, 0.3) is 0 Å². The van der Waals surface area contributed by atoms with E-state index < -0.39 is 0 Å². The topological polar surface area (TPSA) is 32.9 Å². The molecule has 13 heavy (non-hydrogen) atoms. The monoisotopic (exact) mass is 177 g/mol. The maximum Gasteiger partial charge on any atom is 0.248 e. The highest BCUT2D eigenvalue weighted by Gasteiger charge is 2.17. The van der Waals surface area contributed by atoms with Gasteiger partial charge in [-0.2, -0.15) is 0 Å². The van der Waals surface area contributed by atoms with Crippen LogP contribution in [0.3, 0.4) is 0 Å². The summed E-state index contributed by atoms with van der Waals surface area (Å²) in [4.78, 5) is 14.2. The summed E-state index contributed by atoms with van der Waals surface area (Å²) in [5.41, 5.74) is 3.88. The molecule has 1 aromatic heterocycles. The van der Waals surface area contributed by atoms with Gasteiger partial charge in [-0.3, -0.25) is 4.79 Å². The standard InChI is InChI=1S/C11H15NO/c1-7(2)9-6-11(13)12-10-5-3-4-8(9)10/h6-7H,3-5H2,1-2H3,(H,12,13). The first-order chi connectivity index (χ1) is 6.18. The van der Waals surface area contributed by atoms with Gasteiger partial charge in [0.1, 0.15) is 0 Å². The Hall–Kier alpha value is -1.05. The van der Waals surface area contributed by atoms with E-state index in [0.29, 0.717) is 5.92 Å². The van der Waals surface area contributed by atoms with Gasteiger partial charge in [0, 0.05) is 11.8 Å². The second-order valence-corrected chi connectivity index (χ2v) is 4.05. The van der Waals surface area contributed by atoms with Crippen LogP contribution in [0.2, 0.25) is 0 Å². The number of aromatic nitrogens is 1. The predicted molar refractivity (Wildman–Crippen MR) is 53.2 cm³/mol. The first kappa shape index (κ1) is 8.54. The number of aryl methyl sites for hydroxylation is 1. The molecule has 1 N–H and O–H groups in total. The van der Waals surface area contributed by atoms with Crippen molar-refractivity contribution in [3.8, 4) is 0 Å². The molecule has 1 heterocycles. The molecule has 0 fully saturated rings. The van der Waals surface area contributed by atoms with Crippen molar-refractivity contribution in [3.63, 3.8) is 0 Å². The first-order valence-electron chi connectivity index (χ1n) is 4.93. The molecule has 0 atom stereocenters. The Morgan fingerprint density at radius 1 is 1.38 bits per heavy atom. The van der Waals surface area contributed by atoms with Gasteiger partial charge in [-0.05, 0) is 36.3 Å². The molecule has 2 heteroatoms. The predicted octanol–water partition coefficient (Wildman–Crippen LogP) is 1.99. The van der Waals surface area contributed by atoms with Crippen LogP contribution >= 0.6 is 0 Å². The molecular formula is C11H15NO. The minimum Gasteiger partial charge on any atom is -0.326 e. The molecular weight excluding hydrogens is 162 g/mol. The van der Waals surface area contributed by atoms with E-state index >= 15 is 0 Å². The van der Waals surface area contributed by atoms with Crippen molar-refractivity contribution in [1.82, 2.24) is 4.98 Å². The van der Waals surface area contributed by atoms with Crippen molar-refractivity contribution in [2.75, 3.05) is 0 Å². The second-order valence-electron chi connectivity index (χ2n) is 4.05. The van der Waals surface area contributed by atoms with Crippen LogP contribution in [0.15, 0.2) is 10.9 Å². The Bertz CT molecular complexity index is 376. The summed E-state index contributed by atoms with van der Waals surface area (Å²) >= 11 is 0. The molecule has 0 spiro atoms. The summed E-state index contributed by atoms with van der Waals surface area (Å²) in [7, 11) is 0. The first-order valence-corrected chi connectivity index (χ1v) is 4.93. The minimum atomic E-state index is 0.0596. The summed E-state index contributed by atoms with van der Waals surface area (Å²) in [6.45, 7) is 4.29. The average molecular weight is 177 g/mol. The lowest BCUT2D eigenvalue weighted by molar-refractivity contribution is 0.834. The lowest BCUT2D eigenvalue weighted by atomic mass is 9.97. The zero-order valence-corrected chi connectivity index (χ0v) is 8.18. The maximum atomic E-state index is 11.3. The van der Waals surface area contributed by atoms with Crippen LogP contribution in [-0.4, -0.2) is 4.98 Å². The zero-order chi connectivity index (χ0) is 9.42. The van der Waals surface area contributed by atoms with Gasteiger partial charge in [-0.1, -0.05) is 13.8 Å². The van der Waals surface area contributed by atoms with Crippen molar-refractivity contribution in [2.45, 2.75) is 39.0 Å². The number of rotatable bonds is 1. The molecule has 0 saturated heterocycles. The van der Waals surface area contributed by atoms with Crippen LogP contribution < -0.4 is 5.56 Å². The number of hydrogen-bond donors (Lipinski definition) is 1. The molecule has 0 aliphatic heterocycles. The van der Waals surface area contributed by atoms with E-state index in [9.17, 15) is 4.79 Å². The van der Waals surface area contributed by atoms with Gasteiger partial charge in [0.15, 0.2) is 0 Å². The molecule has 2 nitrogen and oxygen atoms in total. The van der Waals surface area contributed by atoms with E-state index in [-0.39, 0.29) is 5.56 Å². The summed E-state index contributed by atoms with van der Waals surface area (Å²) < 4.78 is 0. The molecule has 70 valence electrons. The van der Waals surface area contributed by atoms with E-state index in [4.69, 9.17) is 0 Å². The smallest absolute Gasteiger partial charge is 0.248 e. The third-order valence-electron chi connectivity index (χ3n) is 2.75. The second kappa shape index (κ2) is 3.02. The number of fused-ring (bicyclic) bond motifs is 1. The van der Waals surface area contributed by atoms with Crippen LogP contribution in [0, 0.1) is 0 Å². The van der Waals surface area contributed by atoms with Crippen LogP contribution in [0.1, 0.15) is 43.0 Å². The molecule has 1 aliphatic carbocycles. The van der Waals surface area contributed by atoms with Crippen LogP contribution in [-0.2, 0) is 12.8 Å². The highest BCUT2D eigenvalue weighted by molar-refractivity contribution is 5.35. The lowest BCUT2D eigenvalue weighted by Gasteiger charge is -2.10. The molecule has 2 rings (SSSR count). The molecule has 1 aromatic rings. The third kappa shape index (κ3) is 1.41. The highest BCUT2D eigenvalue weighted by Crippen LogP contribution is 2.26. The molecule has 0 radical (unpaired) electrons. The van der Waals surface area contributed by atoms with E-state index in [1.54, 1.807) is 6.07 Å². The zero-order valence-electron chi connectivity index (χ0n) is 8.18. The Morgan fingerprint density at radius 3 is 2.85 bits per heavy atom. The van der Waals surface area contributed by atoms with Gasteiger partial charge < -0.3 is 4.98 Å². The fourth-order valence-electron chi connectivity index (χ4n) is 2.13. The fourth-order valence-corrected chi connectivity index (χ4v) is 2.13. The van der Waals surface area contributed by atoms with E-state index in [2.05, 4.69) is 18.8 Å². The van der Waals surface area contributed by atoms with Gasteiger partial charge in [0.2, 0.25) is 5.56 Å². The van der Waals surface area contributed by atoms with Crippen molar-refractivity contribution in [1.29, 1.82) is 0 Å². The van der Waals surface area contributed by atoms with Crippen molar-refractivity contribution in [3.05, 3.63) is 33.2 Å². The number of nitrogens with one attached hydrogen (secondary N) is 1. The highest BCUT2D eigenvalue weighted by atomic mass is 16.1. The molecule has 0 amide bonds. The van der Waals surface area contributed by atoms with Gasteiger partial charge >= 0.3 is 0 Å². The normalized spacial score (nSPS) is 15.0. The van der Waals surface area contributed by atoms with Crippen molar-refractivity contribution < 1.29 is 0 Å². The molecule has 0 aromatic carbocycles. The number of H-pyrrole nitrogens is 1. The minimum absolute atomic E-state index is 0.0596. The summed E-state index contributed by atoms with van der Waals surface area (Å²) in [6.07, 6.45) is 3.37. The fraction of sp³-hybridized carbons (Fsp3) is 0.545. The number of hydrogen-bond acceptors (Lipinski definition) is 1. The quantitative estimate of drug-likeness (QED) is 0.699. The molecule has 0 saturated carbocycles. The van der Waals surface area contributed by atoms with Gasteiger partial charge in [-0.25, -0.2) is 0 Å². The van der Waals surface area contributed by atoms with Crippen molar-refractivity contribution in [2.24, 2.45) is 0 Å². The molecule has 0 unspecified atom stereocenters. The summed E-state index contributed by atoms with van der Waals surface area (Å²) in [5.74, 6) is 0.467. The SMILES string of the molecule is CC(C)c1cc(=O)[nH]c2c1CCC2. The van der Waals surface area contributed by atoms with E-state index in [1.165, 1.54) is 23.2 Å².